The number of ether oxygens (including phenoxy) is 1. The molecular formula is C16H22N2O2. The van der Waals surface area contributed by atoms with Gasteiger partial charge < -0.3 is 10.1 Å². The molecule has 4 nitrogen and oxygen atoms in total. The third kappa shape index (κ3) is 3.02. The molecule has 2 aliphatic rings. The van der Waals surface area contributed by atoms with Crippen molar-refractivity contribution in [2.75, 3.05) is 26.2 Å². The van der Waals surface area contributed by atoms with Gasteiger partial charge in [-0.25, -0.2) is 0 Å². The van der Waals surface area contributed by atoms with Gasteiger partial charge in [0.1, 0.15) is 0 Å². The van der Waals surface area contributed by atoms with Crippen molar-refractivity contribution < 1.29 is 9.53 Å². The zero-order valence-corrected chi connectivity index (χ0v) is 12.0. The van der Waals surface area contributed by atoms with Gasteiger partial charge >= 0.3 is 0 Å². The molecule has 0 aliphatic carbocycles. The van der Waals surface area contributed by atoms with Crippen LogP contribution < -0.4 is 5.32 Å². The minimum atomic E-state index is -0.0165. The van der Waals surface area contributed by atoms with Crippen LogP contribution in [0.2, 0.25) is 0 Å². The van der Waals surface area contributed by atoms with Crippen LogP contribution in [0.25, 0.3) is 0 Å². The average Bonchev–Trinajstić information content (AvgIpc) is 2.93. The van der Waals surface area contributed by atoms with Crippen LogP contribution in [-0.2, 0) is 4.74 Å². The number of nitrogens with one attached hydrogen (secondary N) is 1. The summed E-state index contributed by atoms with van der Waals surface area (Å²) in [5, 5.41) is 2.98. The molecule has 0 bridgehead atoms. The molecule has 0 aromatic heterocycles. The molecule has 2 fully saturated rings. The van der Waals surface area contributed by atoms with Gasteiger partial charge in [-0.3, -0.25) is 9.69 Å². The standard InChI is InChI=1S/C16H22N2O2/c1-12-4-6-13(7-5-12)16(19)17-9-15-10-18-8-2-3-14(18)11-20-15/h4-7,14-15H,2-3,8-11H2,1H3,(H,17,19)/t14-,15+/m0/s1. The summed E-state index contributed by atoms with van der Waals surface area (Å²) in [7, 11) is 0. The molecule has 0 unspecified atom stereocenters. The maximum Gasteiger partial charge on any atom is 0.251 e. The van der Waals surface area contributed by atoms with Gasteiger partial charge in [0.25, 0.3) is 5.91 Å². The Morgan fingerprint density at radius 3 is 3.00 bits per heavy atom. The van der Waals surface area contributed by atoms with Crippen LogP contribution in [0.1, 0.15) is 28.8 Å². The van der Waals surface area contributed by atoms with E-state index in [9.17, 15) is 4.79 Å². The van der Waals surface area contributed by atoms with E-state index in [-0.39, 0.29) is 12.0 Å². The summed E-state index contributed by atoms with van der Waals surface area (Å²) in [6.45, 7) is 5.54. The maximum atomic E-state index is 12.0. The number of morpholine rings is 1. The average molecular weight is 274 g/mol. The van der Waals surface area contributed by atoms with Crippen LogP contribution in [0.15, 0.2) is 24.3 Å². The number of rotatable bonds is 3. The third-order valence-electron chi connectivity index (χ3n) is 4.27. The molecule has 2 atom stereocenters. The molecule has 4 heteroatoms. The van der Waals surface area contributed by atoms with Crippen molar-refractivity contribution in [1.82, 2.24) is 10.2 Å². The van der Waals surface area contributed by atoms with Gasteiger partial charge in [0.2, 0.25) is 0 Å². The molecule has 2 saturated heterocycles. The Morgan fingerprint density at radius 1 is 1.40 bits per heavy atom. The van der Waals surface area contributed by atoms with E-state index in [4.69, 9.17) is 4.74 Å². The van der Waals surface area contributed by atoms with Crippen molar-refractivity contribution >= 4 is 5.91 Å². The number of nitrogens with zero attached hydrogens (tertiary/aromatic N) is 1. The summed E-state index contributed by atoms with van der Waals surface area (Å²) in [5.74, 6) is -0.0165. The van der Waals surface area contributed by atoms with Crippen molar-refractivity contribution in [1.29, 1.82) is 0 Å². The minimum absolute atomic E-state index is 0.0165. The molecule has 1 aromatic rings. The lowest BCUT2D eigenvalue weighted by Gasteiger charge is -2.35. The Labute approximate surface area is 120 Å². The Bertz CT molecular complexity index is 472. The Balaban J connectivity index is 1.49. The quantitative estimate of drug-likeness (QED) is 0.910. The highest BCUT2D eigenvalue weighted by Gasteiger charge is 2.32. The molecule has 108 valence electrons. The molecular weight excluding hydrogens is 252 g/mol. The molecule has 1 aromatic carbocycles. The second-order valence-electron chi connectivity index (χ2n) is 5.82. The van der Waals surface area contributed by atoms with Gasteiger partial charge in [0, 0.05) is 24.7 Å². The van der Waals surface area contributed by atoms with Crippen molar-refractivity contribution in [2.45, 2.75) is 31.9 Å². The number of carbonyl (C=O) groups excluding carboxylic acids is 1. The first-order chi connectivity index (χ1) is 9.72. The SMILES string of the molecule is Cc1ccc(C(=O)NC[C@@H]2CN3CCC[C@H]3CO2)cc1. The normalized spacial score (nSPS) is 26.2. The van der Waals surface area contributed by atoms with Crippen molar-refractivity contribution in [3.8, 4) is 0 Å². The van der Waals surface area contributed by atoms with Gasteiger partial charge in [-0.15, -0.1) is 0 Å². The fourth-order valence-electron chi connectivity index (χ4n) is 3.02. The topological polar surface area (TPSA) is 41.6 Å². The monoisotopic (exact) mass is 274 g/mol. The van der Waals surface area contributed by atoms with E-state index in [0.717, 1.165) is 18.7 Å². The third-order valence-corrected chi connectivity index (χ3v) is 4.27. The van der Waals surface area contributed by atoms with Crippen molar-refractivity contribution in [3.05, 3.63) is 35.4 Å². The first-order valence-corrected chi connectivity index (χ1v) is 7.43. The Kier molecular flexibility index (Phi) is 4.03. The summed E-state index contributed by atoms with van der Waals surface area (Å²) in [6, 6.07) is 8.26. The van der Waals surface area contributed by atoms with Crippen LogP contribution in [0, 0.1) is 6.92 Å². The number of hydrogen-bond donors (Lipinski definition) is 1. The van der Waals surface area contributed by atoms with Gasteiger partial charge in [0.05, 0.1) is 12.7 Å². The lowest BCUT2D eigenvalue weighted by Crippen LogP contribution is -2.50. The summed E-state index contributed by atoms with van der Waals surface area (Å²) in [6.07, 6.45) is 2.65. The zero-order chi connectivity index (χ0) is 13.9. The molecule has 0 spiro atoms. The number of carbonyl (C=O) groups is 1. The van der Waals surface area contributed by atoms with E-state index in [0.29, 0.717) is 18.2 Å². The lowest BCUT2D eigenvalue weighted by atomic mass is 10.1. The predicted molar refractivity (Wildman–Crippen MR) is 77.8 cm³/mol. The molecule has 2 aliphatic heterocycles. The highest BCUT2D eigenvalue weighted by molar-refractivity contribution is 5.94. The maximum absolute atomic E-state index is 12.0. The Morgan fingerprint density at radius 2 is 2.20 bits per heavy atom. The van der Waals surface area contributed by atoms with Gasteiger partial charge in [-0.2, -0.15) is 0 Å². The molecule has 20 heavy (non-hydrogen) atoms. The molecule has 0 saturated carbocycles. The van der Waals surface area contributed by atoms with Crippen LogP contribution in [0.4, 0.5) is 0 Å². The van der Waals surface area contributed by atoms with Gasteiger partial charge in [-0.05, 0) is 38.4 Å². The van der Waals surface area contributed by atoms with E-state index < -0.39 is 0 Å². The Hall–Kier alpha value is -1.39. The zero-order valence-electron chi connectivity index (χ0n) is 12.0. The number of benzene rings is 1. The number of aryl methyl sites for hydroxylation is 1. The lowest BCUT2D eigenvalue weighted by molar-refractivity contribution is -0.0461. The van der Waals surface area contributed by atoms with Crippen LogP contribution >= 0.6 is 0 Å². The first-order valence-electron chi connectivity index (χ1n) is 7.43. The van der Waals surface area contributed by atoms with E-state index in [2.05, 4.69) is 10.2 Å². The van der Waals surface area contributed by atoms with Gasteiger partial charge in [-0.1, -0.05) is 17.7 Å². The van der Waals surface area contributed by atoms with Crippen molar-refractivity contribution in [3.63, 3.8) is 0 Å². The van der Waals surface area contributed by atoms with Crippen LogP contribution in [-0.4, -0.2) is 49.2 Å². The summed E-state index contributed by atoms with van der Waals surface area (Å²) >= 11 is 0. The molecule has 3 rings (SSSR count). The minimum Gasteiger partial charge on any atom is -0.373 e. The van der Waals surface area contributed by atoms with Crippen LogP contribution in [0.5, 0.6) is 0 Å². The summed E-state index contributed by atoms with van der Waals surface area (Å²) < 4.78 is 5.84. The highest BCUT2D eigenvalue weighted by Crippen LogP contribution is 2.22. The highest BCUT2D eigenvalue weighted by atomic mass is 16.5. The predicted octanol–water partition coefficient (Wildman–Crippen LogP) is 1.59. The molecule has 0 radical (unpaired) electrons. The smallest absolute Gasteiger partial charge is 0.251 e. The van der Waals surface area contributed by atoms with Gasteiger partial charge in [0.15, 0.2) is 0 Å². The largest absolute Gasteiger partial charge is 0.373 e. The van der Waals surface area contributed by atoms with Crippen molar-refractivity contribution in [2.24, 2.45) is 0 Å². The summed E-state index contributed by atoms with van der Waals surface area (Å²) in [4.78, 5) is 14.5. The fourth-order valence-corrected chi connectivity index (χ4v) is 3.02. The second kappa shape index (κ2) is 5.94. The molecule has 1 amide bonds. The van der Waals surface area contributed by atoms with Crippen LogP contribution in [0.3, 0.4) is 0 Å². The molecule has 2 heterocycles. The van der Waals surface area contributed by atoms with E-state index in [1.54, 1.807) is 0 Å². The second-order valence-corrected chi connectivity index (χ2v) is 5.82. The van der Waals surface area contributed by atoms with E-state index >= 15 is 0 Å². The summed E-state index contributed by atoms with van der Waals surface area (Å²) in [5.41, 5.74) is 1.88. The first kappa shape index (κ1) is 13.6. The number of amides is 1. The number of hydrogen-bond acceptors (Lipinski definition) is 3. The number of fused-ring (bicyclic) bond motifs is 1. The fraction of sp³-hybridized carbons (Fsp3) is 0.562. The van der Waals surface area contributed by atoms with E-state index in [1.165, 1.54) is 19.4 Å². The van der Waals surface area contributed by atoms with E-state index in [1.807, 2.05) is 31.2 Å². The molecule has 1 N–H and O–H groups in total.